The molecule has 0 heterocycles. The van der Waals surface area contributed by atoms with Crippen molar-refractivity contribution in [1.82, 2.24) is 5.32 Å². The van der Waals surface area contributed by atoms with Crippen LogP contribution in [0.3, 0.4) is 0 Å². The van der Waals surface area contributed by atoms with Crippen molar-refractivity contribution < 1.29 is 4.74 Å². The zero-order chi connectivity index (χ0) is 12.1. The Balaban J connectivity index is 1.91. The highest BCUT2D eigenvalue weighted by molar-refractivity contribution is 6.32. The van der Waals surface area contributed by atoms with Crippen molar-refractivity contribution in [3.05, 3.63) is 28.8 Å². The molecule has 90 valence electrons. The molecule has 1 aliphatic rings. The highest BCUT2D eigenvalue weighted by Crippen LogP contribution is 2.26. The van der Waals surface area contributed by atoms with E-state index in [1.165, 1.54) is 18.4 Å². The smallest absolute Gasteiger partial charge is 0.149 e. The number of hydrogen-bond acceptors (Lipinski definition) is 2. The molecule has 1 N–H and O–H groups in total. The van der Waals surface area contributed by atoms with Gasteiger partial charge in [-0.2, -0.15) is 0 Å². The van der Waals surface area contributed by atoms with E-state index in [0.717, 1.165) is 6.54 Å². The van der Waals surface area contributed by atoms with Gasteiger partial charge >= 0.3 is 0 Å². The number of nitrogens with one attached hydrogen (secondary N) is 1. The van der Waals surface area contributed by atoms with Crippen LogP contribution in [0.4, 0.5) is 0 Å². The molecule has 0 saturated heterocycles. The minimum absolute atomic E-state index is 0.385. The standard InChI is InChI=1S/C14H16ClNO/c1-2-3-8-17-14-7-4-11(9-13(14)15)10-16-12-5-6-12/h4,7,9,12,16H,5-6,8,10H2,1H3. The predicted octanol–water partition coefficient (Wildman–Crippen LogP) is 2.99. The Morgan fingerprint density at radius 3 is 2.94 bits per heavy atom. The summed E-state index contributed by atoms with van der Waals surface area (Å²) in [6.45, 7) is 3.05. The summed E-state index contributed by atoms with van der Waals surface area (Å²) in [5, 5.41) is 4.10. The number of benzene rings is 1. The van der Waals surface area contributed by atoms with Crippen molar-refractivity contribution in [1.29, 1.82) is 0 Å². The topological polar surface area (TPSA) is 21.3 Å². The van der Waals surface area contributed by atoms with Crippen molar-refractivity contribution in [2.24, 2.45) is 0 Å². The third-order valence-electron chi connectivity index (χ3n) is 2.65. The molecule has 17 heavy (non-hydrogen) atoms. The van der Waals surface area contributed by atoms with E-state index in [0.29, 0.717) is 23.4 Å². The number of halogens is 1. The lowest BCUT2D eigenvalue weighted by Crippen LogP contribution is -2.15. The molecule has 0 amide bonds. The Morgan fingerprint density at radius 2 is 2.29 bits per heavy atom. The van der Waals surface area contributed by atoms with Crippen LogP contribution in [0, 0.1) is 11.8 Å². The monoisotopic (exact) mass is 249 g/mol. The Bertz CT molecular complexity index is 443. The van der Waals surface area contributed by atoms with Crippen LogP contribution >= 0.6 is 11.6 Å². The molecule has 0 aliphatic heterocycles. The molecule has 0 radical (unpaired) electrons. The third-order valence-corrected chi connectivity index (χ3v) is 2.94. The molecule has 2 rings (SSSR count). The van der Waals surface area contributed by atoms with Gasteiger partial charge in [-0.1, -0.05) is 23.6 Å². The second-order valence-electron chi connectivity index (χ2n) is 4.14. The minimum atomic E-state index is 0.385. The van der Waals surface area contributed by atoms with Gasteiger partial charge in [0.2, 0.25) is 0 Å². The van der Waals surface area contributed by atoms with Gasteiger partial charge in [-0.05, 0) is 37.5 Å². The highest BCUT2D eigenvalue weighted by Gasteiger charge is 2.19. The molecule has 0 atom stereocenters. The zero-order valence-electron chi connectivity index (χ0n) is 9.92. The van der Waals surface area contributed by atoms with Gasteiger partial charge in [0, 0.05) is 12.6 Å². The molecule has 2 nitrogen and oxygen atoms in total. The van der Waals surface area contributed by atoms with E-state index < -0.39 is 0 Å². The second-order valence-corrected chi connectivity index (χ2v) is 4.54. The van der Waals surface area contributed by atoms with Crippen LogP contribution in [-0.4, -0.2) is 12.6 Å². The third kappa shape index (κ3) is 3.96. The fraction of sp³-hybridized carbons (Fsp3) is 0.429. The first kappa shape index (κ1) is 12.3. The minimum Gasteiger partial charge on any atom is -0.479 e. The molecule has 1 saturated carbocycles. The van der Waals surface area contributed by atoms with E-state index in [2.05, 4.69) is 17.2 Å². The summed E-state index contributed by atoms with van der Waals surface area (Å²) < 4.78 is 5.44. The van der Waals surface area contributed by atoms with Gasteiger partial charge in [0.05, 0.1) is 5.02 Å². The Labute approximate surface area is 107 Å². The zero-order valence-corrected chi connectivity index (χ0v) is 10.7. The summed E-state index contributed by atoms with van der Waals surface area (Å²) >= 11 is 6.14. The summed E-state index contributed by atoms with van der Waals surface area (Å²) in [7, 11) is 0. The summed E-state index contributed by atoms with van der Waals surface area (Å²) in [5.41, 5.74) is 1.19. The predicted molar refractivity (Wildman–Crippen MR) is 70.3 cm³/mol. The second kappa shape index (κ2) is 5.95. The van der Waals surface area contributed by atoms with Gasteiger partial charge in [-0.15, -0.1) is 5.92 Å². The van der Waals surface area contributed by atoms with E-state index in [1.54, 1.807) is 6.92 Å². The van der Waals surface area contributed by atoms with Gasteiger partial charge in [0.1, 0.15) is 12.4 Å². The maximum absolute atomic E-state index is 6.14. The lowest BCUT2D eigenvalue weighted by Gasteiger charge is -2.08. The SMILES string of the molecule is CC#CCOc1ccc(CNC2CC2)cc1Cl. The van der Waals surface area contributed by atoms with Gasteiger partial charge in [-0.25, -0.2) is 0 Å². The molecule has 1 aliphatic carbocycles. The van der Waals surface area contributed by atoms with Gasteiger partial charge < -0.3 is 10.1 Å². The molecule has 0 aromatic heterocycles. The van der Waals surface area contributed by atoms with Crippen LogP contribution in [0.1, 0.15) is 25.3 Å². The maximum Gasteiger partial charge on any atom is 0.149 e. The fourth-order valence-corrected chi connectivity index (χ4v) is 1.76. The van der Waals surface area contributed by atoms with E-state index in [1.807, 2.05) is 18.2 Å². The van der Waals surface area contributed by atoms with Crippen LogP contribution < -0.4 is 10.1 Å². The molecular weight excluding hydrogens is 234 g/mol. The van der Waals surface area contributed by atoms with E-state index in [-0.39, 0.29) is 0 Å². The summed E-state index contributed by atoms with van der Waals surface area (Å²) in [6, 6.07) is 6.61. The van der Waals surface area contributed by atoms with Crippen molar-refractivity contribution >= 4 is 11.6 Å². The van der Waals surface area contributed by atoms with Crippen LogP contribution in [0.2, 0.25) is 5.02 Å². The first-order valence-electron chi connectivity index (χ1n) is 5.84. The van der Waals surface area contributed by atoms with E-state index >= 15 is 0 Å². The average Bonchev–Trinajstić information content (AvgIpc) is 3.13. The van der Waals surface area contributed by atoms with Crippen molar-refractivity contribution in [3.63, 3.8) is 0 Å². The van der Waals surface area contributed by atoms with Gasteiger partial charge in [0.15, 0.2) is 0 Å². The van der Waals surface area contributed by atoms with Crippen molar-refractivity contribution in [2.75, 3.05) is 6.61 Å². The first-order chi connectivity index (χ1) is 8.29. The lowest BCUT2D eigenvalue weighted by molar-refractivity contribution is 0.370. The van der Waals surface area contributed by atoms with Gasteiger partial charge in [0.25, 0.3) is 0 Å². The van der Waals surface area contributed by atoms with Gasteiger partial charge in [-0.3, -0.25) is 0 Å². The average molecular weight is 250 g/mol. The van der Waals surface area contributed by atoms with E-state index in [4.69, 9.17) is 16.3 Å². The molecule has 1 aromatic carbocycles. The normalized spacial score (nSPS) is 14.0. The van der Waals surface area contributed by atoms with E-state index in [9.17, 15) is 0 Å². The summed E-state index contributed by atoms with van der Waals surface area (Å²) in [6.07, 6.45) is 2.59. The fourth-order valence-electron chi connectivity index (χ4n) is 1.51. The Hall–Kier alpha value is -1.17. The van der Waals surface area contributed by atoms with Crippen LogP contribution in [0.25, 0.3) is 0 Å². The van der Waals surface area contributed by atoms with Crippen LogP contribution in [-0.2, 0) is 6.54 Å². The number of ether oxygens (including phenoxy) is 1. The van der Waals surface area contributed by atoms with Crippen molar-refractivity contribution in [3.8, 4) is 17.6 Å². The quantitative estimate of drug-likeness (QED) is 0.810. The Morgan fingerprint density at radius 1 is 1.47 bits per heavy atom. The lowest BCUT2D eigenvalue weighted by atomic mass is 10.2. The van der Waals surface area contributed by atoms with Crippen LogP contribution in [0.5, 0.6) is 5.75 Å². The highest BCUT2D eigenvalue weighted by atomic mass is 35.5. The molecule has 0 bridgehead atoms. The maximum atomic E-state index is 6.14. The molecule has 1 fully saturated rings. The first-order valence-corrected chi connectivity index (χ1v) is 6.21. The molecule has 1 aromatic rings. The van der Waals surface area contributed by atoms with Crippen LogP contribution in [0.15, 0.2) is 18.2 Å². The molecule has 0 unspecified atom stereocenters. The molecule has 0 spiro atoms. The molecular formula is C14H16ClNO. The molecule has 3 heteroatoms. The largest absolute Gasteiger partial charge is 0.479 e. The number of hydrogen-bond donors (Lipinski definition) is 1. The summed E-state index contributed by atoms with van der Waals surface area (Å²) in [4.78, 5) is 0. The summed E-state index contributed by atoms with van der Waals surface area (Å²) in [5.74, 6) is 6.32. The number of rotatable bonds is 5. The van der Waals surface area contributed by atoms with Crippen molar-refractivity contribution in [2.45, 2.75) is 32.4 Å². The Kier molecular flexibility index (Phi) is 4.30.